The van der Waals surface area contributed by atoms with Gasteiger partial charge in [-0.05, 0) is 103 Å². The van der Waals surface area contributed by atoms with E-state index in [1.807, 2.05) is 0 Å². The van der Waals surface area contributed by atoms with Gasteiger partial charge in [-0.15, -0.1) is 0 Å². The number of hydrogen-bond donors (Lipinski definition) is 0. The highest BCUT2D eigenvalue weighted by Crippen LogP contribution is 2.17. The Morgan fingerprint density at radius 2 is 0.493 bits per heavy atom. The number of esters is 3. The van der Waals surface area contributed by atoms with Gasteiger partial charge in [0, 0.05) is 19.3 Å². The van der Waals surface area contributed by atoms with Crippen molar-refractivity contribution in [3.63, 3.8) is 0 Å². The van der Waals surface area contributed by atoms with Gasteiger partial charge in [0.15, 0.2) is 6.10 Å². The monoisotopic (exact) mass is 1020 g/mol. The first kappa shape index (κ1) is 70.4. The maximum Gasteiger partial charge on any atom is 0.306 e. The third-order valence-corrected chi connectivity index (χ3v) is 14.3. The summed E-state index contributed by atoms with van der Waals surface area (Å²) in [7, 11) is 0. The van der Waals surface area contributed by atoms with E-state index in [2.05, 4.69) is 69.4 Å². The molecule has 0 aliphatic heterocycles. The van der Waals surface area contributed by atoms with Gasteiger partial charge in [-0.2, -0.15) is 0 Å². The van der Waals surface area contributed by atoms with Crippen molar-refractivity contribution >= 4 is 17.9 Å². The molecule has 0 saturated carbocycles. The lowest BCUT2D eigenvalue weighted by Gasteiger charge is -2.18. The Morgan fingerprint density at radius 1 is 0.274 bits per heavy atom. The fraction of sp³-hybridized carbons (Fsp3) is 0.836. The summed E-state index contributed by atoms with van der Waals surface area (Å²) in [5.41, 5.74) is 0. The Morgan fingerprint density at radius 3 is 0.795 bits per heavy atom. The van der Waals surface area contributed by atoms with Gasteiger partial charge in [-0.25, -0.2) is 0 Å². The summed E-state index contributed by atoms with van der Waals surface area (Å²) >= 11 is 0. The number of unbranched alkanes of at least 4 members (excludes halogenated alkanes) is 40. The predicted molar refractivity (Wildman–Crippen MR) is 316 cm³/mol. The summed E-state index contributed by atoms with van der Waals surface area (Å²) in [5, 5.41) is 0. The summed E-state index contributed by atoms with van der Waals surface area (Å²) in [6.07, 6.45) is 76.8. The van der Waals surface area contributed by atoms with Crippen molar-refractivity contribution in [1.29, 1.82) is 0 Å². The first-order valence-electron chi connectivity index (χ1n) is 32.1. The molecule has 0 rings (SSSR count). The lowest BCUT2D eigenvalue weighted by Crippen LogP contribution is -2.30. The first-order valence-corrected chi connectivity index (χ1v) is 32.1. The molecule has 0 saturated heterocycles. The zero-order valence-corrected chi connectivity index (χ0v) is 48.9. The molecular weight excluding hydrogens is 901 g/mol. The molecule has 0 bridgehead atoms. The van der Waals surface area contributed by atoms with E-state index in [-0.39, 0.29) is 31.1 Å². The molecule has 0 aliphatic rings. The van der Waals surface area contributed by atoms with Crippen molar-refractivity contribution in [1.82, 2.24) is 0 Å². The van der Waals surface area contributed by atoms with Crippen LogP contribution in [0.25, 0.3) is 0 Å². The minimum absolute atomic E-state index is 0.0754. The zero-order valence-electron chi connectivity index (χ0n) is 48.9. The van der Waals surface area contributed by atoms with Crippen molar-refractivity contribution < 1.29 is 28.6 Å². The van der Waals surface area contributed by atoms with Gasteiger partial charge < -0.3 is 14.2 Å². The molecule has 0 fully saturated rings. The van der Waals surface area contributed by atoms with Gasteiger partial charge >= 0.3 is 17.9 Å². The summed E-state index contributed by atoms with van der Waals surface area (Å²) < 4.78 is 16.9. The van der Waals surface area contributed by atoms with Crippen LogP contribution in [-0.2, 0) is 28.6 Å². The molecule has 0 aromatic rings. The normalized spacial score (nSPS) is 12.3. The van der Waals surface area contributed by atoms with Crippen LogP contribution >= 0.6 is 0 Å². The number of ether oxygens (including phenoxy) is 3. The molecular formula is C67H122O6. The molecule has 0 aromatic carbocycles. The van der Waals surface area contributed by atoms with Gasteiger partial charge in [0.1, 0.15) is 13.2 Å². The SMILES string of the molecule is CCCCC/C=C\C/C=C\CCCCCCCCCC(=O)OC[C@H](COC(=O)CCCCCCCCCCCCC/C=C\CCCCCCCC)OC(=O)CCCCCCCCC/C=C\CCCCCCCC. The van der Waals surface area contributed by atoms with E-state index < -0.39 is 6.10 Å². The predicted octanol–water partition coefficient (Wildman–Crippen LogP) is 21.8. The molecule has 6 nitrogen and oxygen atoms in total. The van der Waals surface area contributed by atoms with E-state index in [1.54, 1.807) is 0 Å². The molecule has 73 heavy (non-hydrogen) atoms. The third kappa shape index (κ3) is 60.1. The van der Waals surface area contributed by atoms with Crippen LogP contribution in [0, 0.1) is 0 Å². The standard InChI is InChI=1S/C67H122O6/c1-4-7-10-13-16-19-22-25-28-31-32-33-34-37-39-42-45-48-51-54-57-60-66(69)72-63-64(73-67(70)61-58-55-52-49-46-43-40-36-30-27-24-21-18-15-12-9-6-3)62-71-65(68)59-56-53-50-47-44-41-38-35-29-26-23-20-17-14-11-8-5-2/h17,20,25-30,64H,4-16,18-19,21-24,31-63H2,1-3H3/b20-17-,28-25-,29-26-,30-27-/t64-/m1/s1. The van der Waals surface area contributed by atoms with Crippen LogP contribution in [0.3, 0.4) is 0 Å². The number of carbonyl (C=O) groups excluding carboxylic acids is 3. The molecule has 426 valence electrons. The van der Waals surface area contributed by atoms with Crippen molar-refractivity contribution in [2.75, 3.05) is 13.2 Å². The molecule has 0 N–H and O–H groups in total. The van der Waals surface area contributed by atoms with Crippen LogP contribution < -0.4 is 0 Å². The lowest BCUT2D eigenvalue weighted by atomic mass is 10.0. The van der Waals surface area contributed by atoms with Crippen LogP contribution in [0.5, 0.6) is 0 Å². The van der Waals surface area contributed by atoms with E-state index in [0.717, 1.165) is 70.6 Å². The van der Waals surface area contributed by atoms with Gasteiger partial charge in [0.05, 0.1) is 0 Å². The average molecular weight is 1020 g/mol. The Kier molecular flexibility index (Phi) is 59.7. The number of rotatable bonds is 59. The van der Waals surface area contributed by atoms with Crippen LogP contribution in [-0.4, -0.2) is 37.2 Å². The van der Waals surface area contributed by atoms with E-state index in [4.69, 9.17) is 14.2 Å². The first-order chi connectivity index (χ1) is 36.0. The largest absolute Gasteiger partial charge is 0.462 e. The average Bonchev–Trinajstić information content (AvgIpc) is 3.39. The van der Waals surface area contributed by atoms with Gasteiger partial charge in [0.25, 0.3) is 0 Å². The quantitative estimate of drug-likeness (QED) is 0.0261. The fourth-order valence-corrected chi connectivity index (χ4v) is 9.41. The van der Waals surface area contributed by atoms with E-state index >= 15 is 0 Å². The second-order valence-electron chi connectivity index (χ2n) is 21.7. The Balaban J connectivity index is 4.34. The van der Waals surface area contributed by atoms with Gasteiger partial charge in [-0.1, -0.05) is 268 Å². The Labute approximate surface area is 454 Å². The molecule has 0 heterocycles. The Bertz CT molecular complexity index is 1270. The maximum absolute atomic E-state index is 12.9. The minimum Gasteiger partial charge on any atom is -0.462 e. The number of hydrogen-bond acceptors (Lipinski definition) is 6. The van der Waals surface area contributed by atoms with Crippen molar-refractivity contribution in [3.8, 4) is 0 Å². The molecule has 0 aromatic heterocycles. The molecule has 6 heteroatoms. The molecule has 0 spiro atoms. The fourth-order valence-electron chi connectivity index (χ4n) is 9.41. The number of carbonyl (C=O) groups is 3. The van der Waals surface area contributed by atoms with E-state index in [1.165, 1.54) is 231 Å². The van der Waals surface area contributed by atoms with Crippen molar-refractivity contribution in [2.24, 2.45) is 0 Å². The van der Waals surface area contributed by atoms with Crippen LogP contribution in [0.15, 0.2) is 48.6 Å². The lowest BCUT2D eigenvalue weighted by molar-refractivity contribution is -0.167. The summed E-state index contributed by atoms with van der Waals surface area (Å²) in [6.45, 7) is 6.65. The molecule has 0 aliphatic carbocycles. The van der Waals surface area contributed by atoms with Crippen LogP contribution in [0.2, 0.25) is 0 Å². The van der Waals surface area contributed by atoms with E-state index in [9.17, 15) is 14.4 Å². The smallest absolute Gasteiger partial charge is 0.306 e. The molecule has 0 amide bonds. The molecule has 0 unspecified atom stereocenters. The molecule has 1 atom stereocenters. The molecule has 0 radical (unpaired) electrons. The van der Waals surface area contributed by atoms with Gasteiger partial charge in [-0.3, -0.25) is 14.4 Å². The Hall–Kier alpha value is -2.63. The van der Waals surface area contributed by atoms with Crippen LogP contribution in [0.1, 0.15) is 342 Å². The summed E-state index contributed by atoms with van der Waals surface area (Å²) in [4.78, 5) is 38.3. The van der Waals surface area contributed by atoms with Gasteiger partial charge in [0.2, 0.25) is 0 Å². The second-order valence-corrected chi connectivity index (χ2v) is 21.7. The van der Waals surface area contributed by atoms with Crippen molar-refractivity contribution in [3.05, 3.63) is 48.6 Å². The highest BCUT2D eigenvalue weighted by molar-refractivity contribution is 5.71. The highest BCUT2D eigenvalue weighted by Gasteiger charge is 2.19. The number of allylic oxidation sites excluding steroid dienone is 8. The maximum atomic E-state index is 12.9. The van der Waals surface area contributed by atoms with Crippen molar-refractivity contribution in [2.45, 2.75) is 348 Å². The third-order valence-electron chi connectivity index (χ3n) is 14.3. The topological polar surface area (TPSA) is 78.9 Å². The summed E-state index contributed by atoms with van der Waals surface area (Å²) in [5.74, 6) is -0.869. The highest BCUT2D eigenvalue weighted by atomic mass is 16.6. The minimum atomic E-state index is -0.779. The second kappa shape index (κ2) is 61.9. The van der Waals surface area contributed by atoms with E-state index in [0.29, 0.717) is 19.3 Å². The summed E-state index contributed by atoms with van der Waals surface area (Å²) in [6, 6.07) is 0. The van der Waals surface area contributed by atoms with Crippen LogP contribution in [0.4, 0.5) is 0 Å². The zero-order chi connectivity index (χ0) is 52.9.